The van der Waals surface area contributed by atoms with Gasteiger partial charge in [0.05, 0.1) is 22.6 Å². The van der Waals surface area contributed by atoms with E-state index in [4.69, 9.17) is 4.98 Å². The number of likely N-dealkylation sites (N-methyl/N-ethyl adjacent to an activating group) is 1. The Morgan fingerprint density at radius 2 is 1.78 bits per heavy atom. The summed E-state index contributed by atoms with van der Waals surface area (Å²) in [6, 6.07) is 14.3. The van der Waals surface area contributed by atoms with Gasteiger partial charge in [-0.3, -0.25) is 9.36 Å². The van der Waals surface area contributed by atoms with Crippen LogP contribution in [0.3, 0.4) is 0 Å². The van der Waals surface area contributed by atoms with Gasteiger partial charge in [0.1, 0.15) is 5.82 Å². The molecule has 7 nitrogen and oxygen atoms in total. The Bertz CT molecular complexity index is 1140. The van der Waals surface area contributed by atoms with Gasteiger partial charge in [-0.15, -0.1) is 0 Å². The summed E-state index contributed by atoms with van der Waals surface area (Å²) in [7, 11) is 3.95. The molecule has 1 atom stereocenters. The summed E-state index contributed by atoms with van der Waals surface area (Å²) in [5.74, 6) is 0.611. The van der Waals surface area contributed by atoms with Crippen LogP contribution in [0.4, 0.5) is 10.5 Å². The number of carbonyl (C=O) groups is 1. The molecule has 2 amide bonds. The molecule has 0 aliphatic carbocycles. The van der Waals surface area contributed by atoms with E-state index in [-0.39, 0.29) is 17.6 Å². The van der Waals surface area contributed by atoms with Gasteiger partial charge < -0.3 is 15.1 Å². The second-order valence-corrected chi connectivity index (χ2v) is 8.72. The summed E-state index contributed by atoms with van der Waals surface area (Å²) in [5.41, 5.74) is 1.27. The number of fused-ring (bicyclic) bond motifs is 1. The van der Waals surface area contributed by atoms with E-state index in [1.54, 1.807) is 15.5 Å². The molecule has 0 radical (unpaired) electrons. The van der Waals surface area contributed by atoms with Crippen LogP contribution in [-0.2, 0) is 6.54 Å². The van der Waals surface area contributed by atoms with Gasteiger partial charge in [0.2, 0.25) is 0 Å². The zero-order chi connectivity index (χ0) is 23.3. The lowest BCUT2D eigenvalue weighted by Crippen LogP contribution is -2.44. The number of rotatable bonds is 8. The summed E-state index contributed by atoms with van der Waals surface area (Å²) in [5, 5.41) is 3.60. The largest absolute Gasteiger partial charge is 0.322 e. The van der Waals surface area contributed by atoms with Crippen LogP contribution in [-0.4, -0.2) is 52.6 Å². The van der Waals surface area contributed by atoms with Gasteiger partial charge in [0.25, 0.3) is 5.56 Å². The minimum absolute atomic E-state index is 0.0784. The zero-order valence-electron chi connectivity index (χ0n) is 19.0. The summed E-state index contributed by atoms with van der Waals surface area (Å²) in [4.78, 5) is 35.3. The molecule has 3 aromatic rings. The van der Waals surface area contributed by atoms with Crippen molar-refractivity contribution in [3.63, 3.8) is 0 Å². The molecule has 170 valence electrons. The highest BCUT2D eigenvalue weighted by molar-refractivity contribution is 9.10. The predicted molar refractivity (Wildman–Crippen MR) is 133 cm³/mol. The quantitative estimate of drug-likeness (QED) is 0.486. The van der Waals surface area contributed by atoms with E-state index in [2.05, 4.69) is 21.2 Å². The van der Waals surface area contributed by atoms with Crippen LogP contribution >= 0.6 is 15.9 Å². The minimum atomic E-state index is -0.352. The van der Waals surface area contributed by atoms with Crippen molar-refractivity contribution in [3.05, 3.63) is 69.2 Å². The number of carbonyl (C=O) groups excluding carboxylic acids is 1. The third-order valence-corrected chi connectivity index (χ3v) is 6.12. The van der Waals surface area contributed by atoms with E-state index in [0.717, 1.165) is 4.47 Å². The van der Waals surface area contributed by atoms with E-state index in [0.29, 0.717) is 48.5 Å². The lowest BCUT2D eigenvalue weighted by molar-refractivity contribution is 0.171. The summed E-state index contributed by atoms with van der Waals surface area (Å²) < 4.78 is 2.49. The molecule has 0 aliphatic heterocycles. The minimum Gasteiger partial charge on any atom is -0.313 e. The van der Waals surface area contributed by atoms with Crippen molar-refractivity contribution in [2.45, 2.75) is 32.9 Å². The van der Waals surface area contributed by atoms with Crippen LogP contribution in [0.5, 0.6) is 0 Å². The number of nitrogens with zero attached hydrogens (tertiary/aromatic N) is 4. The van der Waals surface area contributed by atoms with Crippen molar-refractivity contribution >= 4 is 38.6 Å². The van der Waals surface area contributed by atoms with Gasteiger partial charge in [-0.25, -0.2) is 9.78 Å². The fourth-order valence-electron chi connectivity index (χ4n) is 3.74. The van der Waals surface area contributed by atoms with Gasteiger partial charge in [0.15, 0.2) is 0 Å². The number of hydrogen-bond donors (Lipinski definition) is 1. The molecule has 32 heavy (non-hydrogen) atoms. The average molecular weight is 500 g/mol. The highest BCUT2D eigenvalue weighted by Crippen LogP contribution is 2.27. The summed E-state index contributed by atoms with van der Waals surface area (Å²) in [6.07, 6.45) is 0.627. The van der Waals surface area contributed by atoms with Gasteiger partial charge in [-0.05, 0) is 67.6 Å². The maximum Gasteiger partial charge on any atom is 0.322 e. The number of hydrogen-bond acceptors (Lipinski definition) is 4. The molecular formula is C24H30BrN5O2. The van der Waals surface area contributed by atoms with E-state index < -0.39 is 0 Å². The van der Waals surface area contributed by atoms with Gasteiger partial charge >= 0.3 is 6.03 Å². The van der Waals surface area contributed by atoms with Crippen molar-refractivity contribution in [2.75, 3.05) is 32.5 Å². The average Bonchev–Trinajstić information content (AvgIpc) is 2.78. The Labute approximate surface area is 197 Å². The predicted octanol–water partition coefficient (Wildman–Crippen LogP) is 4.73. The number of anilines is 1. The van der Waals surface area contributed by atoms with Crippen LogP contribution in [0.1, 0.15) is 32.1 Å². The maximum absolute atomic E-state index is 13.5. The first kappa shape index (κ1) is 23.9. The van der Waals surface area contributed by atoms with E-state index in [9.17, 15) is 9.59 Å². The molecule has 0 saturated carbocycles. The van der Waals surface area contributed by atoms with Gasteiger partial charge in [0, 0.05) is 24.1 Å². The Hall–Kier alpha value is -2.71. The van der Waals surface area contributed by atoms with E-state index in [1.807, 2.05) is 75.3 Å². The molecule has 1 aromatic heterocycles. The van der Waals surface area contributed by atoms with E-state index >= 15 is 0 Å². The molecule has 1 N–H and O–H groups in total. The fourth-order valence-corrected chi connectivity index (χ4v) is 4.13. The molecule has 1 unspecified atom stereocenters. The molecule has 0 aliphatic rings. The molecule has 0 fully saturated rings. The summed E-state index contributed by atoms with van der Waals surface area (Å²) >= 11 is 3.50. The van der Waals surface area contributed by atoms with Crippen LogP contribution < -0.4 is 10.9 Å². The second kappa shape index (κ2) is 10.7. The van der Waals surface area contributed by atoms with Crippen LogP contribution in [0.15, 0.2) is 57.8 Å². The standard InChI is InChI=1S/C24H30BrN5O2/c1-5-21(22-26-19-13-9-7-11-17(19)23(31)29(22)6-2)30(16-15-28(3)4)24(32)27-20-14-10-8-12-18(20)25/h7-14,21H,5-6,15-16H2,1-4H3,(H,27,32). The second-order valence-electron chi connectivity index (χ2n) is 7.87. The molecule has 3 rings (SSSR count). The first-order valence-electron chi connectivity index (χ1n) is 10.8. The highest BCUT2D eigenvalue weighted by atomic mass is 79.9. The Morgan fingerprint density at radius 3 is 2.44 bits per heavy atom. The molecular weight excluding hydrogens is 470 g/mol. The van der Waals surface area contributed by atoms with Gasteiger partial charge in [-0.1, -0.05) is 31.2 Å². The lowest BCUT2D eigenvalue weighted by atomic mass is 10.1. The third kappa shape index (κ3) is 5.19. The number of aromatic nitrogens is 2. The molecule has 0 saturated heterocycles. The molecule has 2 aromatic carbocycles. The lowest BCUT2D eigenvalue weighted by Gasteiger charge is -2.33. The van der Waals surface area contributed by atoms with Crippen molar-refractivity contribution < 1.29 is 4.79 Å². The Balaban J connectivity index is 2.07. The zero-order valence-corrected chi connectivity index (χ0v) is 20.6. The number of para-hydroxylation sites is 2. The molecule has 8 heteroatoms. The van der Waals surface area contributed by atoms with Gasteiger partial charge in [-0.2, -0.15) is 0 Å². The van der Waals surface area contributed by atoms with Crippen molar-refractivity contribution in [2.24, 2.45) is 0 Å². The van der Waals surface area contributed by atoms with Crippen LogP contribution in [0, 0.1) is 0 Å². The first-order valence-corrected chi connectivity index (χ1v) is 11.6. The number of nitrogens with one attached hydrogen (secondary N) is 1. The summed E-state index contributed by atoms with van der Waals surface area (Å²) in [6.45, 7) is 5.60. The fraction of sp³-hybridized carbons (Fsp3) is 0.375. The van der Waals surface area contributed by atoms with E-state index in [1.165, 1.54) is 0 Å². The van der Waals surface area contributed by atoms with Crippen LogP contribution in [0.2, 0.25) is 0 Å². The van der Waals surface area contributed by atoms with Crippen LogP contribution in [0.25, 0.3) is 10.9 Å². The number of halogens is 1. The van der Waals surface area contributed by atoms with Crippen molar-refractivity contribution in [1.29, 1.82) is 0 Å². The van der Waals surface area contributed by atoms with Crippen molar-refractivity contribution in [3.8, 4) is 0 Å². The first-order chi connectivity index (χ1) is 15.4. The topological polar surface area (TPSA) is 70.5 Å². The third-order valence-electron chi connectivity index (χ3n) is 5.43. The SMILES string of the molecule is CCC(c1nc2ccccc2c(=O)n1CC)N(CCN(C)C)C(=O)Nc1ccccc1Br. The number of benzene rings is 2. The Kier molecular flexibility index (Phi) is 8.04. The highest BCUT2D eigenvalue weighted by Gasteiger charge is 2.28. The normalized spacial score (nSPS) is 12.2. The molecule has 0 bridgehead atoms. The van der Waals surface area contributed by atoms with Crippen molar-refractivity contribution in [1.82, 2.24) is 19.4 Å². The molecule has 1 heterocycles. The Morgan fingerprint density at radius 1 is 1.09 bits per heavy atom. The maximum atomic E-state index is 13.5. The number of urea groups is 1. The monoisotopic (exact) mass is 499 g/mol. The number of amides is 2. The molecule has 0 spiro atoms. The smallest absolute Gasteiger partial charge is 0.313 e.